The van der Waals surface area contributed by atoms with Crippen LogP contribution in [0.15, 0.2) is 12.5 Å². The molecule has 0 aromatic carbocycles. The van der Waals surface area contributed by atoms with Crippen molar-refractivity contribution in [3.63, 3.8) is 0 Å². The van der Waals surface area contributed by atoms with Gasteiger partial charge in [0.25, 0.3) is 0 Å². The Bertz CT molecular complexity index is 904. The second-order valence-electron chi connectivity index (χ2n) is 9.10. The summed E-state index contributed by atoms with van der Waals surface area (Å²) in [7, 11) is 0. The minimum atomic E-state index is -1.18. The Morgan fingerprint density at radius 1 is 1.20 bits per heavy atom. The predicted molar refractivity (Wildman–Crippen MR) is 123 cm³/mol. The number of aliphatic carboxylic acids is 2. The van der Waals surface area contributed by atoms with Gasteiger partial charge in [-0.25, -0.2) is 9.78 Å². The molecule has 0 radical (unpaired) electrons. The monoisotopic (exact) mass is 494 g/mol. The molecular weight excluding hydrogens is 460 g/mol. The zero-order valence-electron chi connectivity index (χ0n) is 19.9. The van der Waals surface area contributed by atoms with Gasteiger partial charge in [0.1, 0.15) is 18.1 Å². The minimum Gasteiger partial charge on any atom is -0.481 e. The number of hydrogen-bond acceptors (Lipinski definition) is 7. The number of carboxylic acids is 2. The molecule has 2 heterocycles. The lowest BCUT2D eigenvalue weighted by Crippen LogP contribution is -2.57. The second-order valence-corrected chi connectivity index (χ2v) is 9.10. The average Bonchev–Trinajstić information content (AvgIpc) is 3.47. The molecule has 0 spiro atoms. The quantitative estimate of drug-likeness (QED) is 0.203. The summed E-state index contributed by atoms with van der Waals surface area (Å²) in [5.41, 5.74) is 6.41. The van der Waals surface area contributed by atoms with Crippen LogP contribution >= 0.6 is 0 Å². The van der Waals surface area contributed by atoms with E-state index >= 15 is 0 Å². The lowest BCUT2D eigenvalue weighted by atomic mass is 10.0. The summed E-state index contributed by atoms with van der Waals surface area (Å²) >= 11 is 0. The standard InChI is InChI=1S/C22H34N6O7/c1-12(2)8-16(22(34)35)27-19(31)15(9-13-10-24-11-25-13)26-20(32)17-4-3-7-28(17)21(33)14(23)5-6-18(29)30/h10-12,14-17H,3-9,23H2,1-2H3,(H,24,25)(H,26,32)(H,27,31)(H,29,30)(H,34,35). The fraction of sp³-hybridized carbons (Fsp3) is 0.636. The van der Waals surface area contributed by atoms with Gasteiger partial charge in [-0.15, -0.1) is 0 Å². The highest BCUT2D eigenvalue weighted by atomic mass is 16.4. The van der Waals surface area contributed by atoms with E-state index in [2.05, 4.69) is 20.6 Å². The normalized spacial score (nSPS) is 18.1. The zero-order valence-corrected chi connectivity index (χ0v) is 19.9. The van der Waals surface area contributed by atoms with Gasteiger partial charge in [-0.3, -0.25) is 19.2 Å². The van der Waals surface area contributed by atoms with Gasteiger partial charge >= 0.3 is 11.9 Å². The number of carbonyl (C=O) groups excluding carboxylic acids is 3. The van der Waals surface area contributed by atoms with Crippen molar-refractivity contribution in [1.82, 2.24) is 25.5 Å². The second kappa shape index (κ2) is 12.8. The number of nitrogens with zero attached hydrogens (tertiary/aromatic N) is 2. The van der Waals surface area contributed by atoms with Crippen molar-refractivity contribution in [3.05, 3.63) is 18.2 Å². The van der Waals surface area contributed by atoms with Crippen LogP contribution in [0.4, 0.5) is 0 Å². The summed E-state index contributed by atoms with van der Waals surface area (Å²) in [5, 5.41) is 23.4. The molecule has 35 heavy (non-hydrogen) atoms. The van der Waals surface area contributed by atoms with E-state index in [4.69, 9.17) is 10.8 Å². The molecule has 3 amide bonds. The maximum Gasteiger partial charge on any atom is 0.326 e. The largest absolute Gasteiger partial charge is 0.481 e. The molecule has 4 atom stereocenters. The Balaban J connectivity index is 2.13. The topological polar surface area (TPSA) is 208 Å². The van der Waals surface area contributed by atoms with Crippen molar-refractivity contribution in [2.45, 2.75) is 76.5 Å². The maximum atomic E-state index is 13.1. The highest BCUT2D eigenvalue weighted by Crippen LogP contribution is 2.19. The molecule has 1 aromatic rings. The van der Waals surface area contributed by atoms with Gasteiger partial charge in [-0.05, 0) is 31.6 Å². The van der Waals surface area contributed by atoms with Crippen LogP contribution in [0.1, 0.15) is 51.6 Å². The van der Waals surface area contributed by atoms with Gasteiger partial charge in [0.2, 0.25) is 17.7 Å². The van der Waals surface area contributed by atoms with Gasteiger partial charge in [-0.1, -0.05) is 13.8 Å². The van der Waals surface area contributed by atoms with E-state index < -0.39 is 53.8 Å². The highest BCUT2D eigenvalue weighted by molar-refractivity contribution is 5.94. The van der Waals surface area contributed by atoms with Gasteiger partial charge in [0, 0.05) is 31.3 Å². The predicted octanol–water partition coefficient (Wildman–Crippen LogP) is -0.764. The molecule has 1 aliphatic heterocycles. The van der Waals surface area contributed by atoms with E-state index in [9.17, 15) is 29.1 Å². The van der Waals surface area contributed by atoms with Crippen molar-refractivity contribution < 1.29 is 34.2 Å². The lowest BCUT2D eigenvalue weighted by Gasteiger charge is -2.28. The van der Waals surface area contributed by atoms with Crippen LogP contribution in [-0.2, 0) is 30.4 Å². The summed E-state index contributed by atoms with van der Waals surface area (Å²) in [5.74, 6) is -4.01. The molecule has 13 heteroatoms. The molecule has 2 rings (SSSR count). The third-order valence-electron chi connectivity index (χ3n) is 5.76. The minimum absolute atomic E-state index is 0.0143. The Morgan fingerprint density at radius 3 is 2.49 bits per heavy atom. The summed E-state index contributed by atoms with van der Waals surface area (Å²) in [6, 6.07) is -4.17. The van der Waals surface area contributed by atoms with E-state index in [1.54, 1.807) is 0 Å². The van der Waals surface area contributed by atoms with Crippen molar-refractivity contribution in [2.75, 3.05) is 6.54 Å². The molecule has 0 aliphatic carbocycles. The number of aromatic amines is 1. The SMILES string of the molecule is CC(C)CC(NC(=O)C(Cc1cnc[nH]1)NC(=O)C1CCCN1C(=O)C(N)CCC(=O)O)C(=O)O. The Labute approximate surface area is 202 Å². The summed E-state index contributed by atoms with van der Waals surface area (Å²) < 4.78 is 0. The van der Waals surface area contributed by atoms with Crippen LogP contribution in [0.25, 0.3) is 0 Å². The average molecular weight is 495 g/mol. The third-order valence-corrected chi connectivity index (χ3v) is 5.76. The molecule has 0 bridgehead atoms. The zero-order chi connectivity index (χ0) is 26.1. The first-order chi connectivity index (χ1) is 16.5. The van der Waals surface area contributed by atoms with Crippen LogP contribution in [0, 0.1) is 5.92 Å². The van der Waals surface area contributed by atoms with Gasteiger partial charge < -0.3 is 36.5 Å². The van der Waals surface area contributed by atoms with Crippen molar-refractivity contribution >= 4 is 29.7 Å². The number of hydrogen-bond donors (Lipinski definition) is 6. The number of nitrogens with one attached hydrogen (secondary N) is 3. The maximum absolute atomic E-state index is 13.1. The fourth-order valence-corrected chi connectivity index (χ4v) is 3.98. The van der Waals surface area contributed by atoms with Crippen LogP contribution in [-0.4, -0.2) is 85.5 Å². The molecule has 1 saturated heterocycles. The molecular formula is C22H34N6O7. The summed E-state index contributed by atoms with van der Waals surface area (Å²) in [6.45, 7) is 3.95. The number of aromatic nitrogens is 2. The first-order valence-electron chi connectivity index (χ1n) is 11.6. The number of likely N-dealkylation sites (tertiary alicyclic amines) is 1. The molecule has 1 aromatic heterocycles. The number of carbonyl (C=O) groups is 5. The summed E-state index contributed by atoms with van der Waals surface area (Å²) in [4.78, 5) is 69.3. The lowest BCUT2D eigenvalue weighted by molar-refractivity contribution is -0.143. The smallest absolute Gasteiger partial charge is 0.326 e. The number of amides is 3. The van der Waals surface area contributed by atoms with Gasteiger partial charge in [0.05, 0.1) is 12.4 Å². The third kappa shape index (κ3) is 8.35. The first kappa shape index (κ1) is 27.8. The molecule has 1 fully saturated rings. The van der Waals surface area contributed by atoms with E-state index in [0.717, 1.165) is 0 Å². The fourth-order valence-electron chi connectivity index (χ4n) is 3.98. The van der Waals surface area contributed by atoms with Crippen LogP contribution in [0.2, 0.25) is 0 Å². The number of carboxylic acid groups (broad SMARTS) is 2. The Kier molecular flexibility index (Phi) is 10.2. The number of imidazole rings is 1. The molecule has 7 N–H and O–H groups in total. The van der Waals surface area contributed by atoms with Crippen molar-refractivity contribution in [2.24, 2.45) is 11.7 Å². The van der Waals surface area contributed by atoms with E-state index in [-0.39, 0.29) is 38.1 Å². The van der Waals surface area contributed by atoms with Crippen molar-refractivity contribution in [1.29, 1.82) is 0 Å². The van der Waals surface area contributed by atoms with Crippen LogP contribution in [0.3, 0.4) is 0 Å². The van der Waals surface area contributed by atoms with Gasteiger partial charge in [0.15, 0.2) is 0 Å². The van der Waals surface area contributed by atoms with E-state index in [1.807, 2.05) is 13.8 Å². The summed E-state index contributed by atoms with van der Waals surface area (Å²) in [6.07, 6.45) is 3.72. The van der Waals surface area contributed by atoms with Gasteiger partial charge in [-0.2, -0.15) is 0 Å². The first-order valence-corrected chi connectivity index (χ1v) is 11.6. The highest BCUT2D eigenvalue weighted by Gasteiger charge is 2.38. The number of rotatable bonds is 13. The molecule has 4 unspecified atom stereocenters. The van der Waals surface area contributed by atoms with E-state index in [1.165, 1.54) is 17.4 Å². The Morgan fingerprint density at radius 2 is 1.91 bits per heavy atom. The molecule has 0 saturated carbocycles. The van der Waals surface area contributed by atoms with Crippen molar-refractivity contribution in [3.8, 4) is 0 Å². The molecule has 194 valence electrons. The molecule has 13 nitrogen and oxygen atoms in total. The number of H-pyrrole nitrogens is 1. The molecule has 1 aliphatic rings. The number of nitrogens with two attached hydrogens (primary N) is 1. The van der Waals surface area contributed by atoms with Crippen LogP contribution in [0.5, 0.6) is 0 Å². The Hall–Kier alpha value is -3.48. The van der Waals surface area contributed by atoms with Crippen LogP contribution < -0.4 is 16.4 Å². The van der Waals surface area contributed by atoms with E-state index in [0.29, 0.717) is 18.5 Å².